The fourth-order valence-corrected chi connectivity index (χ4v) is 2.86. The van der Waals surface area contributed by atoms with Crippen molar-refractivity contribution in [2.45, 2.75) is 70.1 Å². The summed E-state index contributed by atoms with van der Waals surface area (Å²) in [7, 11) is 0. The molecular formula is C14H23N3O2. The van der Waals surface area contributed by atoms with Crippen molar-refractivity contribution < 1.29 is 9.53 Å². The second-order valence-corrected chi connectivity index (χ2v) is 7.03. The first-order valence-electron chi connectivity index (χ1n) is 6.88. The zero-order chi connectivity index (χ0) is 14.3. The molecular weight excluding hydrogens is 242 g/mol. The van der Waals surface area contributed by atoms with Gasteiger partial charge in [0, 0.05) is 6.04 Å². The quantitative estimate of drug-likeness (QED) is 0.759. The minimum atomic E-state index is -0.662. The van der Waals surface area contributed by atoms with E-state index in [1.54, 1.807) is 0 Å². The van der Waals surface area contributed by atoms with E-state index in [1.807, 2.05) is 20.8 Å². The Bertz CT molecular complexity index is 411. The third-order valence-electron chi connectivity index (χ3n) is 4.24. The molecule has 2 aliphatic carbocycles. The molecule has 0 heterocycles. The number of hydrogen-bond donors (Lipinski definition) is 2. The Morgan fingerprint density at radius 1 is 1.37 bits per heavy atom. The van der Waals surface area contributed by atoms with E-state index in [-0.39, 0.29) is 17.6 Å². The summed E-state index contributed by atoms with van der Waals surface area (Å²) in [5.41, 5.74) is 5.00. The van der Waals surface area contributed by atoms with Crippen molar-refractivity contribution in [2.24, 2.45) is 11.1 Å². The molecule has 19 heavy (non-hydrogen) atoms. The molecule has 1 spiro atoms. The van der Waals surface area contributed by atoms with Gasteiger partial charge < -0.3 is 15.8 Å². The molecule has 2 aliphatic rings. The summed E-state index contributed by atoms with van der Waals surface area (Å²) in [5, 5.41) is 11.9. The molecule has 0 radical (unpaired) electrons. The van der Waals surface area contributed by atoms with Crippen molar-refractivity contribution in [1.82, 2.24) is 5.32 Å². The topological polar surface area (TPSA) is 88.1 Å². The molecule has 5 heteroatoms. The highest BCUT2D eigenvalue weighted by molar-refractivity contribution is 5.68. The Morgan fingerprint density at radius 3 is 2.42 bits per heavy atom. The molecule has 106 valence electrons. The summed E-state index contributed by atoms with van der Waals surface area (Å²) in [6.07, 6.45) is 3.90. The largest absolute Gasteiger partial charge is 0.444 e. The van der Waals surface area contributed by atoms with Gasteiger partial charge in [0.1, 0.15) is 11.1 Å². The lowest BCUT2D eigenvalue weighted by Gasteiger charge is -2.32. The van der Waals surface area contributed by atoms with Crippen LogP contribution in [0, 0.1) is 16.7 Å². The smallest absolute Gasteiger partial charge is 0.407 e. The predicted molar refractivity (Wildman–Crippen MR) is 71.2 cm³/mol. The number of carbonyl (C=O) groups is 1. The Kier molecular flexibility index (Phi) is 3.26. The average Bonchev–Trinajstić information content (AvgIpc) is 2.94. The normalized spacial score (nSPS) is 37.5. The van der Waals surface area contributed by atoms with Crippen LogP contribution in [0.4, 0.5) is 4.79 Å². The van der Waals surface area contributed by atoms with Crippen molar-refractivity contribution in [3.8, 4) is 6.07 Å². The van der Waals surface area contributed by atoms with Crippen molar-refractivity contribution >= 4 is 6.09 Å². The van der Waals surface area contributed by atoms with Crippen molar-refractivity contribution in [3.05, 3.63) is 0 Å². The summed E-state index contributed by atoms with van der Waals surface area (Å²) in [4.78, 5) is 11.7. The number of nitrogens with zero attached hydrogens (tertiary/aromatic N) is 1. The molecule has 0 bridgehead atoms. The Labute approximate surface area is 114 Å². The number of rotatable bonds is 1. The fraction of sp³-hybridized carbons (Fsp3) is 0.857. The molecule has 1 amide bonds. The van der Waals surface area contributed by atoms with Gasteiger partial charge in [-0.1, -0.05) is 0 Å². The highest BCUT2D eigenvalue weighted by Crippen LogP contribution is 2.57. The lowest BCUT2D eigenvalue weighted by atomic mass is 9.75. The SMILES string of the molecule is CC(C)(C)OC(=O)NC1CC12CCC(N)(C#N)CC2. The van der Waals surface area contributed by atoms with E-state index >= 15 is 0 Å². The molecule has 0 aromatic heterocycles. The van der Waals surface area contributed by atoms with Gasteiger partial charge in [0.2, 0.25) is 0 Å². The Balaban J connectivity index is 1.82. The molecule has 0 aliphatic heterocycles. The molecule has 1 atom stereocenters. The summed E-state index contributed by atoms with van der Waals surface area (Å²) in [5.74, 6) is 0. The zero-order valence-electron chi connectivity index (χ0n) is 12.0. The van der Waals surface area contributed by atoms with Crippen LogP contribution in [-0.2, 0) is 4.74 Å². The minimum absolute atomic E-state index is 0.163. The molecule has 1 unspecified atom stereocenters. The van der Waals surface area contributed by atoms with Gasteiger partial charge in [-0.3, -0.25) is 0 Å². The van der Waals surface area contributed by atoms with E-state index in [2.05, 4.69) is 11.4 Å². The van der Waals surface area contributed by atoms with Crippen LogP contribution in [0.25, 0.3) is 0 Å². The zero-order valence-corrected chi connectivity index (χ0v) is 12.0. The van der Waals surface area contributed by atoms with Crippen LogP contribution in [-0.4, -0.2) is 23.3 Å². The van der Waals surface area contributed by atoms with Gasteiger partial charge in [0.25, 0.3) is 0 Å². The molecule has 2 saturated carbocycles. The Morgan fingerprint density at radius 2 is 1.95 bits per heavy atom. The van der Waals surface area contributed by atoms with E-state index in [0.717, 1.165) is 32.1 Å². The Hall–Kier alpha value is -1.28. The maximum Gasteiger partial charge on any atom is 0.407 e. The predicted octanol–water partition coefficient (Wildman–Crippen LogP) is 2.06. The van der Waals surface area contributed by atoms with Gasteiger partial charge >= 0.3 is 6.09 Å². The van der Waals surface area contributed by atoms with Crippen LogP contribution in [0.15, 0.2) is 0 Å². The summed E-state index contributed by atoms with van der Waals surface area (Å²) < 4.78 is 5.26. The monoisotopic (exact) mass is 265 g/mol. The first-order chi connectivity index (χ1) is 8.68. The molecule has 2 rings (SSSR count). The second kappa shape index (κ2) is 4.38. The number of nitriles is 1. The van der Waals surface area contributed by atoms with Crippen LogP contribution in [0.1, 0.15) is 52.9 Å². The van der Waals surface area contributed by atoms with Gasteiger partial charge in [-0.15, -0.1) is 0 Å². The molecule has 0 aromatic carbocycles. The number of hydrogen-bond acceptors (Lipinski definition) is 4. The van der Waals surface area contributed by atoms with Gasteiger partial charge in [-0.2, -0.15) is 5.26 Å². The van der Waals surface area contributed by atoms with E-state index in [0.29, 0.717) is 0 Å². The van der Waals surface area contributed by atoms with Crippen LogP contribution in [0.3, 0.4) is 0 Å². The number of amides is 1. The standard InChI is InChI=1S/C14H23N3O2/c1-12(2,3)19-11(18)17-10-8-13(10)4-6-14(16,9-15)7-5-13/h10H,4-8,16H2,1-3H3,(H,17,18). The number of ether oxygens (including phenoxy) is 1. The first kappa shape index (κ1) is 14.1. The fourth-order valence-electron chi connectivity index (χ4n) is 2.86. The van der Waals surface area contributed by atoms with Crippen molar-refractivity contribution in [2.75, 3.05) is 0 Å². The third kappa shape index (κ3) is 3.19. The number of carbonyl (C=O) groups excluding carboxylic acids is 1. The maximum absolute atomic E-state index is 11.7. The van der Waals surface area contributed by atoms with Gasteiger partial charge in [-0.05, 0) is 58.3 Å². The highest BCUT2D eigenvalue weighted by atomic mass is 16.6. The van der Waals surface area contributed by atoms with Crippen LogP contribution in [0.2, 0.25) is 0 Å². The van der Waals surface area contributed by atoms with Gasteiger partial charge in [-0.25, -0.2) is 4.79 Å². The molecule has 5 nitrogen and oxygen atoms in total. The lowest BCUT2D eigenvalue weighted by molar-refractivity contribution is 0.0511. The summed E-state index contributed by atoms with van der Waals surface area (Å²) in [6, 6.07) is 2.38. The second-order valence-electron chi connectivity index (χ2n) is 7.03. The van der Waals surface area contributed by atoms with Crippen molar-refractivity contribution in [1.29, 1.82) is 5.26 Å². The molecule has 0 saturated heterocycles. The van der Waals surface area contributed by atoms with Crippen LogP contribution >= 0.6 is 0 Å². The molecule has 3 N–H and O–H groups in total. The van der Waals surface area contributed by atoms with E-state index in [1.165, 1.54) is 0 Å². The van der Waals surface area contributed by atoms with Gasteiger partial charge in [0.15, 0.2) is 0 Å². The van der Waals surface area contributed by atoms with Crippen LogP contribution < -0.4 is 11.1 Å². The number of nitrogens with two attached hydrogens (primary N) is 1. The first-order valence-corrected chi connectivity index (χ1v) is 6.88. The van der Waals surface area contributed by atoms with Crippen molar-refractivity contribution in [3.63, 3.8) is 0 Å². The molecule has 2 fully saturated rings. The van der Waals surface area contributed by atoms with Gasteiger partial charge in [0.05, 0.1) is 6.07 Å². The maximum atomic E-state index is 11.7. The van der Waals surface area contributed by atoms with E-state index < -0.39 is 11.1 Å². The number of alkyl carbamates (subject to hydrolysis) is 1. The van der Waals surface area contributed by atoms with E-state index in [9.17, 15) is 4.79 Å². The molecule has 0 aromatic rings. The minimum Gasteiger partial charge on any atom is -0.444 e. The highest BCUT2D eigenvalue weighted by Gasteiger charge is 2.57. The number of nitrogens with one attached hydrogen (secondary N) is 1. The average molecular weight is 265 g/mol. The lowest BCUT2D eigenvalue weighted by Crippen LogP contribution is -2.44. The van der Waals surface area contributed by atoms with Crippen LogP contribution in [0.5, 0.6) is 0 Å². The van der Waals surface area contributed by atoms with E-state index in [4.69, 9.17) is 15.7 Å². The third-order valence-corrected chi connectivity index (χ3v) is 4.24. The summed E-state index contributed by atoms with van der Waals surface area (Å²) >= 11 is 0. The summed E-state index contributed by atoms with van der Waals surface area (Å²) in [6.45, 7) is 5.56.